The summed E-state index contributed by atoms with van der Waals surface area (Å²) < 4.78 is 65.0. The van der Waals surface area contributed by atoms with Crippen LogP contribution in [-0.2, 0) is 46.6 Å². The number of hydrogen-bond acceptors (Lipinski definition) is 18. The summed E-state index contributed by atoms with van der Waals surface area (Å²) in [5.41, 5.74) is 15.2. The molecule has 0 bridgehead atoms. The number of nitro groups is 4. The first kappa shape index (κ1) is 57.2. The molecule has 6 rings (SSSR count). The standard InChI is InChI=1S/2C16H11N5O8S.Co.3Na/c2*17-11-5-4-9-10(2-1-3-14(9)30(27,28)29)15(11)19-18-12-6-8(20(23)24)7-13(16(12)22)21(25)26;;;;/h2*1-7H,(H4,17,18,19,22,27,28,29);;;;/q;;;3*+1/p-2. The molecule has 26 nitrogen and oxygen atoms in total. The summed E-state index contributed by atoms with van der Waals surface area (Å²) in [5.74, 6) is -2.38. The number of ketones is 2. The van der Waals surface area contributed by atoms with Crippen LogP contribution in [0.15, 0.2) is 128 Å². The Morgan fingerprint density at radius 1 is 0.516 bits per heavy atom. The van der Waals surface area contributed by atoms with E-state index in [1.165, 1.54) is 48.5 Å². The molecule has 0 fully saturated rings. The Labute approximate surface area is 434 Å². The summed E-state index contributed by atoms with van der Waals surface area (Å²) in [6, 6.07) is 12.7. The van der Waals surface area contributed by atoms with Crippen LogP contribution in [0.4, 0.5) is 22.7 Å². The number of nitrogens with one attached hydrogen (secondary N) is 4. The van der Waals surface area contributed by atoms with Crippen LogP contribution < -0.4 is 99.5 Å². The molecule has 2 aliphatic carbocycles. The molecule has 0 aromatic heterocycles. The van der Waals surface area contributed by atoms with Gasteiger partial charge >= 0.3 is 100 Å². The van der Waals surface area contributed by atoms with Gasteiger partial charge in [0, 0.05) is 61.9 Å². The van der Waals surface area contributed by atoms with Gasteiger partial charge in [-0.1, -0.05) is 48.5 Å². The molecule has 4 aromatic rings. The molecule has 0 unspecified atom stereocenters. The van der Waals surface area contributed by atoms with E-state index in [-0.39, 0.29) is 150 Å². The minimum Gasteiger partial charge on any atom is -0.697 e. The van der Waals surface area contributed by atoms with Crippen LogP contribution in [0, 0.1) is 40.5 Å². The fourth-order valence-corrected chi connectivity index (χ4v) is 6.81. The van der Waals surface area contributed by atoms with E-state index in [1.54, 1.807) is 0 Å². The van der Waals surface area contributed by atoms with E-state index < -0.39 is 95.5 Å². The topological polar surface area (TPSA) is 412 Å². The third kappa shape index (κ3) is 12.7. The first-order chi connectivity index (χ1) is 28.0. The fraction of sp³-hybridized carbons (Fsp3) is 0. The summed E-state index contributed by atoms with van der Waals surface area (Å²) in [6.07, 6.45) is 2.46. The average Bonchev–Trinajstić information content (AvgIpc) is 3.16. The normalized spacial score (nSPS) is 14.7. The van der Waals surface area contributed by atoms with Gasteiger partial charge in [0.25, 0.3) is 43.2 Å². The van der Waals surface area contributed by atoms with Crippen molar-refractivity contribution in [2.75, 3.05) is 10.9 Å². The van der Waals surface area contributed by atoms with Crippen LogP contribution in [0.2, 0.25) is 0 Å². The molecular weight excluding hydrogens is 972 g/mol. The van der Waals surface area contributed by atoms with Gasteiger partial charge in [0.1, 0.15) is 21.2 Å². The molecule has 317 valence electrons. The van der Waals surface area contributed by atoms with Gasteiger partial charge in [-0.05, 0) is 12.1 Å². The van der Waals surface area contributed by atoms with E-state index in [9.17, 15) is 76.0 Å². The van der Waals surface area contributed by atoms with Crippen LogP contribution in [-0.4, -0.2) is 68.6 Å². The van der Waals surface area contributed by atoms with Crippen molar-refractivity contribution in [2.24, 2.45) is 10.2 Å². The van der Waals surface area contributed by atoms with Crippen LogP contribution in [0.1, 0.15) is 0 Å². The molecule has 0 atom stereocenters. The van der Waals surface area contributed by atoms with Crippen molar-refractivity contribution in [2.45, 2.75) is 9.79 Å². The van der Waals surface area contributed by atoms with E-state index in [4.69, 9.17) is 11.5 Å². The van der Waals surface area contributed by atoms with E-state index in [2.05, 4.69) is 21.1 Å². The fourth-order valence-electron chi connectivity index (χ4n) is 5.40. The number of fused-ring (bicyclic) bond motifs is 2. The number of benzene rings is 4. The second-order valence-corrected chi connectivity index (χ2v) is 14.5. The molecule has 0 aliphatic heterocycles. The van der Waals surface area contributed by atoms with Crippen LogP contribution in [0.25, 0.3) is 33.0 Å². The van der Waals surface area contributed by atoms with Gasteiger partial charge in [0.05, 0.1) is 31.8 Å². The number of anilines is 2. The smallest absolute Gasteiger partial charge is 0.697 e. The van der Waals surface area contributed by atoms with E-state index >= 15 is 0 Å². The van der Waals surface area contributed by atoms with Gasteiger partial charge in [-0.3, -0.25) is 70.0 Å². The minimum absolute atomic E-state index is 0. The number of Topliss-reactive ketones (excluding diaryl/α,β-unsaturated/α-hetero) is 2. The third-order valence-electron chi connectivity index (χ3n) is 8.06. The SMILES string of the molecule is [Co].[NH-]c1ccc2c(S(=O)(=O)O)cccc2c1N/N=C1/C=C([N+](=O)[O-])C=C([N+](=O)[O-])C1=O.[NH-]c1ccc2c(S(=O)(=O)O)cccc2c1N/N=C1/C=C([N+](=O)[O-])C=C([N+](=O)[O-])C1=O.[Na+].[Na+].[Na+]. The number of allylic oxidation sites excluding steroid dienone is 6. The van der Waals surface area contributed by atoms with E-state index in [0.29, 0.717) is 12.2 Å². The molecular formula is C32H20CoN10Na3O16S2+. The maximum absolute atomic E-state index is 12.2. The zero-order chi connectivity index (χ0) is 44.4. The van der Waals surface area contributed by atoms with Gasteiger partial charge in [0.15, 0.2) is 0 Å². The summed E-state index contributed by atoms with van der Waals surface area (Å²) >= 11 is 0. The number of hydrazone groups is 2. The van der Waals surface area contributed by atoms with Crippen molar-refractivity contribution in [3.05, 3.63) is 160 Å². The molecule has 0 spiro atoms. The van der Waals surface area contributed by atoms with Crippen LogP contribution in [0.3, 0.4) is 0 Å². The summed E-state index contributed by atoms with van der Waals surface area (Å²) in [4.78, 5) is 63.4. The monoisotopic (exact) mass is 992 g/mol. The molecule has 2 aliphatic rings. The molecule has 0 saturated carbocycles. The Hall–Kier alpha value is -4.83. The number of nitrogens with zero attached hydrogens (tertiary/aromatic N) is 6. The first-order valence-corrected chi connectivity index (χ1v) is 18.6. The van der Waals surface area contributed by atoms with E-state index in [1.807, 2.05) is 0 Å². The zero-order valence-electron chi connectivity index (χ0n) is 32.5. The Kier molecular flexibility index (Phi) is 20.4. The third-order valence-corrected chi connectivity index (χ3v) is 9.88. The van der Waals surface area contributed by atoms with E-state index in [0.717, 1.165) is 24.3 Å². The Morgan fingerprint density at radius 2 is 0.844 bits per heavy atom. The van der Waals surface area contributed by atoms with Crippen molar-refractivity contribution in [3.8, 4) is 0 Å². The maximum Gasteiger partial charge on any atom is 1.00 e. The quantitative estimate of drug-likeness (QED) is 0.0386. The Morgan fingerprint density at radius 3 is 1.12 bits per heavy atom. The van der Waals surface area contributed by atoms with Crippen molar-refractivity contribution >= 4 is 87.5 Å². The largest absolute Gasteiger partial charge is 1.00 e. The van der Waals surface area contributed by atoms with Crippen LogP contribution in [0.5, 0.6) is 0 Å². The molecule has 6 N–H and O–H groups in total. The minimum atomic E-state index is -4.58. The second-order valence-electron chi connectivity index (χ2n) is 11.7. The summed E-state index contributed by atoms with van der Waals surface area (Å²) in [7, 11) is -9.17. The van der Waals surface area contributed by atoms with Crippen molar-refractivity contribution in [1.82, 2.24) is 0 Å². The molecule has 4 aromatic carbocycles. The molecule has 32 heteroatoms. The molecule has 1 radical (unpaired) electrons. The summed E-state index contributed by atoms with van der Waals surface area (Å²) in [5, 5.41) is 51.6. The van der Waals surface area contributed by atoms with Crippen molar-refractivity contribution in [1.29, 1.82) is 0 Å². The Balaban J connectivity index is 0.000000602. The maximum atomic E-state index is 12.2. The average molecular weight is 993 g/mol. The van der Waals surface area contributed by atoms with Gasteiger partial charge in [-0.2, -0.15) is 27.0 Å². The number of hydrogen-bond donors (Lipinski definition) is 4. The van der Waals surface area contributed by atoms with Gasteiger partial charge in [0.2, 0.25) is 0 Å². The molecule has 0 amide bonds. The molecule has 64 heavy (non-hydrogen) atoms. The second kappa shape index (κ2) is 22.9. The summed E-state index contributed by atoms with van der Waals surface area (Å²) in [6.45, 7) is 0. The molecule has 0 heterocycles. The number of rotatable bonds is 10. The van der Waals surface area contributed by atoms with Gasteiger partial charge in [-0.15, -0.1) is 11.4 Å². The predicted molar refractivity (Wildman–Crippen MR) is 208 cm³/mol. The van der Waals surface area contributed by atoms with Gasteiger partial charge in [-0.25, -0.2) is 0 Å². The Bertz CT molecular complexity index is 2880. The molecule has 0 saturated heterocycles. The van der Waals surface area contributed by atoms with Crippen LogP contribution >= 0.6 is 0 Å². The number of carbonyl (C=O) groups is 2. The van der Waals surface area contributed by atoms with Crippen molar-refractivity contribution in [3.63, 3.8) is 0 Å². The zero-order valence-corrected chi connectivity index (χ0v) is 41.2. The predicted octanol–water partition coefficient (Wildman–Crippen LogP) is -4.11. The first-order valence-electron chi connectivity index (χ1n) is 15.7. The van der Waals surface area contributed by atoms with Gasteiger partial charge < -0.3 is 11.5 Å². The number of carbonyl (C=O) groups excluding carboxylic acids is 2. The van der Waals surface area contributed by atoms with Crippen molar-refractivity contribution < 1.29 is 161 Å².